The van der Waals surface area contributed by atoms with E-state index in [0.29, 0.717) is 26.6 Å². The second-order valence-corrected chi connectivity index (χ2v) is 7.02. The zero-order valence-electron chi connectivity index (χ0n) is 7.99. The Morgan fingerprint density at radius 3 is 2.45 bits per heavy atom. The normalized spacial score (nSPS) is 11.9. The Kier molecular flexibility index (Phi) is 6.30. The van der Waals surface area contributed by atoms with Crippen LogP contribution in [0.5, 0.6) is 0 Å². The molecule has 0 unspecified atom stereocenters. The first-order valence-electron chi connectivity index (χ1n) is 4.20. The standard InChI is InChI=1S/C10H20I/c1-5-8-11-9-6-7-10(2,3)4/h5H,1,6-9H2,2-4H3/q-1. The Balaban J connectivity index is 3.08. The summed E-state index contributed by atoms with van der Waals surface area (Å²) in [4.78, 5) is 0. The number of hydrogen-bond acceptors (Lipinski definition) is 0. The van der Waals surface area contributed by atoms with Crippen molar-refractivity contribution >= 4 is 0 Å². The Bertz CT molecular complexity index is 99.9. The summed E-state index contributed by atoms with van der Waals surface area (Å²) in [5.41, 5.74) is 0.540. The molecule has 0 aromatic rings. The molecule has 0 nitrogen and oxygen atoms in total. The van der Waals surface area contributed by atoms with Gasteiger partial charge in [-0.05, 0) is 0 Å². The van der Waals surface area contributed by atoms with Crippen LogP contribution < -0.4 is 21.2 Å². The molecule has 0 aromatic carbocycles. The fourth-order valence-corrected chi connectivity index (χ4v) is 2.65. The van der Waals surface area contributed by atoms with Crippen LogP contribution in [0.1, 0.15) is 33.6 Å². The van der Waals surface area contributed by atoms with Crippen LogP contribution in [-0.4, -0.2) is 8.86 Å². The molecule has 1 heteroatoms. The molecule has 0 rings (SSSR count). The van der Waals surface area contributed by atoms with Crippen LogP contribution in [0.25, 0.3) is 0 Å². The third kappa shape index (κ3) is 10.5. The summed E-state index contributed by atoms with van der Waals surface area (Å²) in [6.45, 7) is 10.7. The van der Waals surface area contributed by atoms with Gasteiger partial charge in [0.25, 0.3) is 0 Å². The van der Waals surface area contributed by atoms with Crippen LogP contribution in [0.2, 0.25) is 0 Å². The van der Waals surface area contributed by atoms with Gasteiger partial charge in [-0.2, -0.15) is 0 Å². The van der Waals surface area contributed by atoms with E-state index in [4.69, 9.17) is 0 Å². The Hall–Kier alpha value is 0.470. The molecule has 68 valence electrons. The average Bonchev–Trinajstić information content (AvgIpc) is 1.85. The molecule has 0 saturated carbocycles. The van der Waals surface area contributed by atoms with Gasteiger partial charge in [-0.1, -0.05) is 0 Å². The van der Waals surface area contributed by atoms with Crippen LogP contribution in [0.4, 0.5) is 0 Å². The van der Waals surface area contributed by atoms with Crippen molar-refractivity contribution in [3.8, 4) is 0 Å². The first-order chi connectivity index (χ1) is 5.06. The molecule has 0 heterocycles. The van der Waals surface area contributed by atoms with Gasteiger partial charge in [-0.15, -0.1) is 0 Å². The molecule has 0 aliphatic rings. The van der Waals surface area contributed by atoms with E-state index in [-0.39, 0.29) is 0 Å². The molecule has 0 aromatic heterocycles. The predicted octanol–water partition coefficient (Wildman–Crippen LogP) is 0.0877. The average molecular weight is 267 g/mol. The molecule has 0 atom stereocenters. The van der Waals surface area contributed by atoms with Gasteiger partial charge in [0, 0.05) is 0 Å². The van der Waals surface area contributed by atoms with Gasteiger partial charge in [0.05, 0.1) is 0 Å². The van der Waals surface area contributed by atoms with E-state index in [1.165, 1.54) is 21.7 Å². The van der Waals surface area contributed by atoms with Gasteiger partial charge in [0.1, 0.15) is 0 Å². The number of alkyl halides is 2. The summed E-state index contributed by atoms with van der Waals surface area (Å²) < 4.78 is 2.77. The van der Waals surface area contributed by atoms with Crippen LogP contribution in [0.3, 0.4) is 0 Å². The Morgan fingerprint density at radius 1 is 1.36 bits per heavy atom. The molecule has 0 saturated heterocycles. The number of halogens is 1. The van der Waals surface area contributed by atoms with Crippen molar-refractivity contribution in [1.82, 2.24) is 0 Å². The summed E-state index contributed by atoms with van der Waals surface area (Å²) >= 11 is 0.452. The third-order valence-electron chi connectivity index (χ3n) is 1.41. The quantitative estimate of drug-likeness (QED) is 0.286. The van der Waals surface area contributed by atoms with E-state index in [1.54, 1.807) is 0 Å². The molecule has 0 bridgehead atoms. The van der Waals surface area contributed by atoms with Crippen LogP contribution in [0.15, 0.2) is 12.7 Å². The SMILES string of the molecule is C=CC[I-]CCCC(C)(C)C. The molecule has 0 aliphatic carbocycles. The van der Waals surface area contributed by atoms with Crippen molar-refractivity contribution in [3.63, 3.8) is 0 Å². The van der Waals surface area contributed by atoms with Gasteiger partial charge in [0.15, 0.2) is 0 Å². The van der Waals surface area contributed by atoms with Gasteiger partial charge in [0.2, 0.25) is 0 Å². The van der Waals surface area contributed by atoms with Crippen molar-refractivity contribution in [1.29, 1.82) is 0 Å². The zero-order chi connectivity index (χ0) is 8.74. The molecule has 0 fully saturated rings. The molecular formula is C10H20I-. The molecule has 0 spiro atoms. The number of allylic oxidation sites excluding steroid dienone is 1. The summed E-state index contributed by atoms with van der Waals surface area (Å²) in [6, 6.07) is 0. The van der Waals surface area contributed by atoms with Crippen LogP contribution in [-0.2, 0) is 0 Å². The van der Waals surface area contributed by atoms with E-state index in [0.717, 1.165) is 0 Å². The Morgan fingerprint density at radius 2 is 2.00 bits per heavy atom. The maximum atomic E-state index is 3.73. The first kappa shape index (κ1) is 11.5. The number of hydrogen-bond donors (Lipinski definition) is 0. The monoisotopic (exact) mass is 267 g/mol. The molecule has 11 heavy (non-hydrogen) atoms. The van der Waals surface area contributed by atoms with E-state index in [9.17, 15) is 0 Å². The molecule has 0 amide bonds. The van der Waals surface area contributed by atoms with E-state index < -0.39 is 0 Å². The summed E-state index contributed by atoms with van der Waals surface area (Å²) in [6.07, 6.45) is 4.86. The zero-order valence-corrected chi connectivity index (χ0v) is 10.1. The van der Waals surface area contributed by atoms with E-state index in [1.807, 2.05) is 0 Å². The molecular weight excluding hydrogens is 247 g/mol. The Labute approximate surface area is 81.7 Å². The third-order valence-corrected chi connectivity index (χ3v) is 4.18. The number of rotatable bonds is 5. The summed E-state index contributed by atoms with van der Waals surface area (Å²) in [7, 11) is 0. The van der Waals surface area contributed by atoms with E-state index >= 15 is 0 Å². The topological polar surface area (TPSA) is 0 Å². The molecule has 0 N–H and O–H groups in total. The van der Waals surface area contributed by atoms with Crippen LogP contribution in [0, 0.1) is 5.41 Å². The van der Waals surface area contributed by atoms with Gasteiger partial charge in [-0.25, -0.2) is 0 Å². The minimum absolute atomic E-state index is 0.452. The fourth-order valence-electron chi connectivity index (χ4n) is 0.846. The molecule has 0 aliphatic heterocycles. The van der Waals surface area contributed by atoms with Gasteiger partial charge < -0.3 is 0 Å². The van der Waals surface area contributed by atoms with Crippen molar-refractivity contribution < 1.29 is 21.2 Å². The summed E-state index contributed by atoms with van der Waals surface area (Å²) in [5, 5.41) is 0. The molecule has 0 radical (unpaired) electrons. The van der Waals surface area contributed by atoms with Crippen molar-refractivity contribution in [2.45, 2.75) is 33.6 Å². The van der Waals surface area contributed by atoms with Crippen molar-refractivity contribution in [3.05, 3.63) is 12.7 Å². The predicted molar refractivity (Wildman–Crippen MR) is 48.6 cm³/mol. The fraction of sp³-hybridized carbons (Fsp3) is 0.800. The second-order valence-electron chi connectivity index (χ2n) is 3.99. The van der Waals surface area contributed by atoms with Crippen molar-refractivity contribution in [2.24, 2.45) is 5.41 Å². The minimum atomic E-state index is 0.452. The summed E-state index contributed by atoms with van der Waals surface area (Å²) in [5.74, 6) is 0. The van der Waals surface area contributed by atoms with Crippen LogP contribution >= 0.6 is 0 Å². The second kappa shape index (κ2) is 6.04. The first-order valence-corrected chi connectivity index (χ1v) is 7.26. The van der Waals surface area contributed by atoms with Gasteiger partial charge >= 0.3 is 81.7 Å². The van der Waals surface area contributed by atoms with E-state index in [2.05, 4.69) is 33.4 Å². The van der Waals surface area contributed by atoms with Gasteiger partial charge in [-0.3, -0.25) is 0 Å². The van der Waals surface area contributed by atoms with Crippen molar-refractivity contribution in [2.75, 3.05) is 8.86 Å². The maximum absolute atomic E-state index is 3.73.